The van der Waals surface area contributed by atoms with Crippen molar-refractivity contribution in [3.63, 3.8) is 0 Å². The minimum Gasteiger partial charge on any atom is -0.374 e. The van der Waals surface area contributed by atoms with Crippen molar-refractivity contribution in [2.75, 3.05) is 18.5 Å². The Labute approximate surface area is 93.1 Å². The molecule has 2 nitrogen and oxygen atoms in total. The van der Waals surface area contributed by atoms with E-state index < -0.39 is 0 Å². The van der Waals surface area contributed by atoms with Gasteiger partial charge in [-0.1, -0.05) is 25.1 Å². The van der Waals surface area contributed by atoms with E-state index in [0.717, 1.165) is 13.0 Å². The summed E-state index contributed by atoms with van der Waals surface area (Å²) in [6.07, 6.45) is 2.12. The Bertz CT molecular complexity index is 294. The molecule has 0 radical (unpaired) electrons. The summed E-state index contributed by atoms with van der Waals surface area (Å²) in [4.78, 5) is 2.30. The van der Waals surface area contributed by atoms with Gasteiger partial charge in [0.05, 0.1) is 0 Å². The van der Waals surface area contributed by atoms with E-state index >= 15 is 0 Å². The Hall–Kier alpha value is -1.02. The second kappa shape index (κ2) is 5.76. The van der Waals surface area contributed by atoms with E-state index in [2.05, 4.69) is 50.1 Å². The fraction of sp³-hybridized carbons (Fsp3) is 0.538. The van der Waals surface area contributed by atoms with Crippen LogP contribution in [0.5, 0.6) is 0 Å². The summed E-state index contributed by atoms with van der Waals surface area (Å²) in [5, 5.41) is 0. The molecule has 0 fully saturated rings. The van der Waals surface area contributed by atoms with Gasteiger partial charge in [0.25, 0.3) is 0 Å². The molecule has 0 aliphatic carbocycles. The van der Waals surface area contributed by atoms with Crippen LogP contribution in [0.2, 0.25) is 0 Å². The predicted molar refractivity (Wildman–Crippen MR) is 67.4 cm³/mol. The summed E-state index contributed by atoms with van der Waals surface area (Å²) in [5.41, 5.74) is 8.52. The van der Waals surface area contributed by atoms with Crippen molar-refractivity contribution < 1.29 is 0 Å². The second-order valence-electron chi connectivity index (χ2n) is 4.23. The zero-order valence-corrected chi connectivity index (χ0v) is 10.0. The Morgan fingerprint density at radius 3 is 2.60 bits per heavy atom. The van der Waals surface area contributed by atoms with Gasteiger partial charge in [0, 0.05) is 25.3 Å². The highest BCUT2D eigenvalue weighted by Gasteiger charge is 2.07. The molecule has 84 valence electrons. The minimum atomic E-state index is 0.223. The van der Waals surface area contributed by atoms with E-state index in [1.807, 2.05) is 0 Å². The first-order valence-corrected chi connectivity index (χ1v) is 5.69. The van der Waals surface area contributed by atoms with Crippen molar-refractivity contribution in [3.8, 4) is 0 Å². The number of hydrogen-bond donors (Lipinski definition) is 1. The van der Waals surface area contributed by atoms with Crippen molar-refractivity contribution in [2.45, 2.75) is 32.7 Å². The average molecular weight is 206 g/mol. The first-order chi connectivity index (χ1) is 7.15. The Morgan fingerprint density at radius 2 is 2.00 bits per heavy atom. The summed E-state index contributed by atoms with van der Waals surface area (Å²) in [5.74, 6) is 0. The second-order valence-corrected chi connectivity index (χ2v) is 4.23. The van der Waals surface area contributed by atoms with Crippen LogP contribution in [-0.2, 0) is 6.42 Å². The standard InChI is InChI=1S/C13H22N2/c1-4-9-15(3)13-8-6-5-7-12(13)10-11(2)14/h5-8,11H,4,9-10,14H2,1-3H3. The van der Waals surface area contributed by atoms with E-state index in [0.29, 0.717) is 0 Å². The van der Waals surface area contributed by atoms with Gasteiger partial charge in [0.2, 0.25) is 0 Å². The van der Waals surface area contributed by atoms with Crippen molar-refractivity contribution in [3.05, 3.63) is 29.8 Å². The molecule has 0 amide bonds. The summed E-state index contributed by atoms with van der Waals surface area (Å²) in [7, 11) is 2.14. The Kier molecular flexibility index (Phi) is 4.63. The monoisotopic (exact) mass is 206 g/mol. The lowest BCUT2D eigenvalue weighted by atomic mass is 10.0. The molecular formula is C13H22N2. The first kappa shape index (κ1) is 12.1. The SMILES string of the molecule is CCCN(C)c1ccccc1CC(C)N. The van der Waals surface area contributed by atoms with Crippen molar-refractivity contribution in [2.24, 2.45) is 5.73 Å². The van der Waals surface area contributed by atoms with Crippen LogP contribution in [0.1, 0.15) is 25.8 Å². The third-order valence-corrected chi connectivity index (χ3v) is 2.50. The van der Waals surface area contributed by atoms with Crippen LogP contribution in [0.4, 0.5) is 5.69 Å². The molecule has 0 aliphatic heterocycles. The third-order valence-electron chi connectivity index (χ3n) is 2.50. The zero-order chi connectivity index (χ0) is 11.3. The van der Waals surface area contributed by atoms with E-state index in [1.54, 1.807) is 0 Å². The number of nitrogens with zero attached hydrogens (tertiary/aromatic N) is 1. The van der Waals surface area contributed by atoms with Gasteiger partial charge in [0.1, 0.15) is 0 Å². The molecular weight excluding hydrogens is 184 g/mol. The maximum atomic E-state index is 5.85. The smallest absolute Gasteiger partial charge is 0.0396 e. The quantitative estimate of drug-likeness (QED) is 0.801. The van der Waals surface area contributed by atoms with Gasteiger partial charge in [-0.25, -0.2) is 0 Å². The molecule has 0 heterocycles. The lowest BCUT2D eigenvalue weighted by molar-refractivity contribution is 0.733. The maximum absolute atomic E-state index is 5.85. The molecule has 2 heteroatoms. The van der Waals surface area contributed by atoms with Gasteiger partial charge in [-0.15, -0.1) is 0 Å². The van der Waals surface area contributed by atoms with Crippen LogP contribution in [0.15, 0.2) is 24.3 Å². The van der Waals surface area contributed by atoms with Crippen LogP contribution in [0.25, 0.3) is 0 Å². The van der Waals surface area contributed by atoms with Crippen LogP contribution < -0.4 is 10.6 Å². The summed E-state index contributed by atoms with van der Waals surface area (Å²) < 4.78 is 0. The van der Waals surface area contributed by atoms with Crippen LogP contribution in [0.3, 0.4) is 0 Å². The molecule has 1 rings (SSSR count). The molecule has 0 aliphatic rings. The number of para-hydroxylation sites is 1. The van der Waals surface area contributed by atoms with Crippen molar-refractivity contribution in [1.29, 1.82) is 0 Å². The molecule has 0 spiro atoms. The number of nitrogens with two attached hydrogens (primary N) is 1. The van der Waals surface area contributed by atoms with Crippen molar-refractivity contribution >= 4 is 5.69 Å². The number of rotatable bonds is 5. The van der Waals surface area contributed by atoms with Crippen LogP contribution in [0, 0.1) is 0 Å². The highest BCUT2D eigenvalue weighted by atomic mass is 15.1. The fourth-order valence-electron chi connectivity index (χ4n) is 1.86. The molecule has 1 unspecified atom stereocenters. The topological polar surface area (TPSA) is 29.3 Å². The maximum Gasteiger partial charge on any atom is 0.0396 e. The van der Waals surface area contributed by atoms with E-state index in [-0.39, 0.29) is 6.04 Å². The number of hydrogen-bond acceptors (Lipinski definition) is 2. The van der Waals surface area contributed by atoms with Crippen LogP contribution >= 0.6 is 0 Å². The summed E-state index contributed by atoms with van der Waals surface area (Å²) >= 11 is 0. The first-order valence-electron chi connectivity index (χ1n) is 5.69. The lowest BCUT2D eigenvalue weighted by Crippen LogP contribution is -2.23. The van der Waals surface area contributed by atoms with Gasteiger partial charge in [0.15, 0.2) is 0 Å². The Balaban J connectivity index is 2.85. The van der Waals surface area contributed by atoms with Crippen LogP contribution in [-0.4, -0.2) is 19.6 Å². The van der Waals surface area contributed by atoms with E-state index in [4.69, 9.17) is 5.73 Å². The largest absolute Gasteiger partial charge is 0.374 e. The van der Waals surface area contributed by atoms with E-state index in [1.165, 1.54) is 17.7 Å². The van der Waals surface area contributed by atoms with Gasteiger partial charge < -0.3 is 10.6 Å². The summed E-state index contributed by atoms with van der Waals surface area (Å²) in [6, 6.07) is 8.74. The number of benzene rings is 1. The highest BCUT2D eigenvalue weighted by molar-refractivity contribution is 5.53. The van der Waals surface area contributed by atoms with Gasteiger partial charge in [-0.05, 0) is 31.4 Å². The highest BCUT2D eigenvalue weighted by Crippen LogP contribution is 2.20. The predicted octanol–water partition coefficient (Wildman–Crippen LogP) is 2.42. The van der Waals surface area contributed by atoms with E-state index in [9.17, 15) is 0 Å². The van der Waals surface area contributed by atoms with Gasteiger partial charge in [-0.2, -0.15) is 0 Å². The minimum absolute atomic E-state index is 0.223. The molecule has 1 aromatic carbocycles. The zero-order valence-electron chi connectivity index (χ0n) is 10.0. The fourth-order valence-corrected chi connectivity index (χ4v) is 1.86. The average Bonchev–Trinajstić information content (AvgIpc) is 2.18. The normalized spacial score (nSPS) is 12.5. The molecule has 0 saturated carbocycles. The van der Waals surface area contributed by atoms with Gasteiger partial charge >= 0.3 is 0 Å². The lowest BCUT2D eigenvalue weighted by Gasteiger charge is -2.22. The molecule has 0 saturated heterocycles. The summed E-state index contributed by atoms with van der Waals surface area (Å²) in [6.45, 7) is 5.34. The molecule has 0 aromatic heterocycles. The van der Waals surface area contributed by atoms with Crippen molar-refractivity contribution in [1.82, 2.24) is 0 Å². The molecule has 1 atom stereocenters. The molecule has 1 aromatic rings. The Morgan fingerprint density at radius 1 is 1.33 bits per heavy atom. The molecule has 2 N–H and O–H groups in total. The number of anilines is 1. The molecule has 0 bridgehead atoms. The third kappa shape index (κ3) is 3.56. The van der Waals surface area contributed by atoms with Gasteiger partial charge in [-0.3, -0.25) is 0 Å². The molecule has 15 heavy (non-hydrogen) atoms.